The van der Waals surface area contributed by atoms with Crippen LogP contribution in [0.15, 0.2) is 48.5 Å². The number of hydrogen-bond donors (Lipinski definition) is 1. The van der Waals surface area contributed by atoms with Crippen molar-refractivity contribution in [2.75, 3.05) is 44.0 Å². The van der Waals surface area contributed by atoms with E-state index in [1.807, 2.05) is 24.3 Å². The van der Waals surface area contributed by atoms with Crippen LogP contribution in [0.4, 0.5) is 10.1 Å². The number of hydrogen-bond acceptors (Lipinski definition) is 5. The van der Waals surface area contributed by atoms with Crippen LogP contribution in [0.3, 0.4) is 0 Å². The first-order valence-corrected chi connectivity index (χ1v) is 11.5. The van der Waals surface area contributed by atoms with Crippen LogP contribution in [0.5, 0.6) is 0 Å². The molecular weight excluding hydrogens is 409 g/mol. The monoisotopic (exact) mass is 435 g/mol. The Bertz CT molecular complexity index is 960. The molecule has 0 bridgehead atoms. The molecular formula is C21H26FN3O4S. The Labute approximate surface area is 176 Å². The maximum absolute atomic E-state index is 13.9. The van der Waals surface area contributed by atoms with E-state index in [1.54, 1.807) is 6.07 Å². The summed E-state index contributed by atoms with van der Waals surface area (Å²) in [5.41, 5.74) is 2.22. The molecule has 0 unspecified atom stereocenters. The Morgan fingerprint density at radius 1 is 1.13 bits per heavy atom. The van der Waals surface area contributed by atoms with Gasteiger partial charge in [0.2, 0.25) is 15.9 Å². The predicted molar refractivity (Wildman–Crippen MR) is 113 cm³/mol. The number of halogens is 1. The average Bonchev–Trinajstić information content (AvgIpc) is 2.73. The zero-order valence-corrected chi connectivity index (χ0v) is 17.7. The second kappa shape index (κ2) is 10.0. The third-order valence-electron chi connectivity index (χ3n) is 4.90. The molecule has 2 aromatic carbocycles. The maximum atomic E-state index is 13.9. The highest BCUT2D eigenvalue weighted by atomic mass is 32.2. The minimum absolute atomic E-state index is 0.201. The second-order valence-corrected chi connectivity index (χ2v) is 9.15. The molecule has 30 heavy (non-hydrogen) atoms. The van der Waals surface area contributed by atoms with E-state index in [1.165, 1.54) is 18.2 Å². The van der Waals surface area contributed by atoms with Gasteiger partial charge in [-0.25, -0.2) is 12.8 Å². The standard InChI is InChI=1S/C21H26FN3O4S/c1-30(27,28)25(15-18-4-2-3-5-20(18)22)16-21(26)23-14-17-6-8-19(9-7-17)24-10-12-29-13-11-24/h2-9H,10-16H2,1H3,(H,23,26). The number of sulfonamides is 1. The minimum atomic E-state index is -3.69. The zero-order valence-electron chi connectivity index (χ0n) is 16.9. The lowest BCUT2D eigenvalue weighted by molar-refractivity contribution is -0.121. The number of anilines is 1. The van der Waals surface area contributed by atoms with Gasteiger partial charge in [0.1, 0.15) is 5.82 Å². The molecule has 7 nitrogen and oxygen atoms in total. The van der Waals surface area contributed by atoms with E-state index in [4.69, 9.17) is 4.74 Å². The normalized spacial score (nSPS) is 14.7. The van der Waals surface area contributed by atoms with Crippen molar-refractivity contribution in [3.05, 3.63) is 65.5 Å². The van der Waals surface area contributed by atoms with E-state index in [0.29, 0.717) is 13.2 Å². The van der Waals surface area contributed by atoms with E-state index in [-0.39, 0.29) is 25.2 Å². The van der Waals surface area contributed by atoms with E-state index in [9.17, 15) is 17.6 Å². The van der Waals surface area contributed by atoms with Crippen LogP contribution in [0.1, 0.15) is 11.1 Å². The fourth-order valence-corrected chi connectivity index (χ4v) is 3.90. The summed E-state index contributed by atoms with van der Waals surface area (Å²) in [6.07, 6.45) is 1.01. The number of nitrogens with zero attached hydrogens (tertiary/aromatic N) is 2. The van der Waals surface area contributed by atoms with Crippen molar-refractivity contribution in [2.24, 2.45) is 0 Å². The Morgan fingerprint density at radius 3 is 2.43 bits per heavy atom. The number of rotatable bonds is 8. The molecule has 3 rings (SSSR count). The minimum Gasteiger partial charge on any atom is -0.378 e. The van der Waals surface area contributed by atoms with Crippen molar-refractivity contribution in [2.45, 2.75) is 13.1 Å². The molecule has 1 aliphatic rings. The van der Waals surface area contributed by atoms with Gasteiger partial charge in [-0.15, -0.1) is 0 Å². The van der Waals surface area contributed by atoms with Crippen LogP contribution in [0.25, 0.3) is 0 Å². The van der Waals surface area contributed by atoms with E-state index in [0.717, 1.165) is 34.9 Å². The summed E-state index contributed by atoms with van der Waals surface area (Å²) >= 11 is 0. The summed E-state index contributed by atoms with van der Waals surface area (Å²) in [6, 6.07) is 13.8. The van der Waals surface area contributed by atoms with Crippen molar-refractivity contribution in [1.82, 2.24) is 9.62 Å². The van der Waals surface area contributed by atoms with Gasteiger partial charge in [-0.3, -0.25) is 4.79 Å². The third kappa shape index (κ3) is 6.25. The lowest BCUT2D eigenvalue weighted by Crippen LogP contribution is -2.39. The summed E-state index contributed by atoms with van der Waals surface area (Å²) in [5, 5.41) is 2.73. The van der Waals surface area contributed by atoms with Crippen LogP contribution in [0.2, 0.25) is 0 Å². The van der Waals surface area contributed by atoms with Gasteiger partial charge in [0.15, 0.2) is 0 Å². The lowest BCUT2D eigenvalue weighted by Gasteiger charge is -2.28. The van der Waals surface area contributed by atoms with Crippen molar-refractivity contribution in [3.63, 3.8) is 0 Å². The van der Waals surface area contributed by atoms with Crippen LogP contribution in [-0.4, -0.2) is 57.7 Å². The highest BCUT2D eigenvalue weighted by molar-refractivity contribution is 7.88. The summed E-state index contributed by atoms with van der Waals surface area (Å²) in [5.74, 6) is -0.957. The first-order chi connectivity index (χ1) is 14.3. The molecule has 1 fully saturated rings. The molecule has 1 heterocycles. The molecule has 0 saturated carbocycles. The predicted octanol–water partition coefficient (Wildman–Crippen LogP) is 1.74. The van der Waals surface area contributed by atoms with Gasteiger partial charge in [-0.1, -0.05) is 30.3 Å². The zero-order chi connectivity index (χ0) is 21.6. The molecule has 1 N–H and O–H groups in total. The Morgan fingerprint density at radius 2 is 1.80 bits per heavy atom. The van der Waals surface area contributed by atoms with Crippen LogP contribution in [-0.2, 0) is 32.6 Å². The largest absolute Gasteiger partial charge is 0.378 e. The SMILES string of the molecule is CS(=O)(=O)N(CC(=O)NCc1ccc(N2CCOCC2)cc1)Cc1ccccc1F. The Balaban J connectivity index is 1.55. The fraction of sp³-hybridized carbons (Fsp3) is 0.381. The number of morpholine rings is 1. The highest BCUT2D eigenvalue weighted by Gasteiger charge is 2.21. The van der Waals surface area contributed by atoms with Crippen molar-refractivity contribution in [1.29, 1.82) is 0 Å². The molecule has 1 aliphatic heterocycles. The first-order valence-electron chi connectivity index (χ1n) is 9.70. The first kappa shape index (κ1) is 22.2. The highest BCUT2D eigenvalue weighted by Crippen LogP contribution is 2.17. The summed E-state index contributed by atoms with van der Waals surface area (Å²) in [7, 11) is -3.69. The van der Waals surface area contributed by atoms with E-state index in [2.05, 4.69) is 10.2 Å². The molecule has 2 aromatic rings. The van der Waals surface area contributed by atoms with Gasteiger partial charge >= 0.3 is 0 Å². The quantitative estimate of drug-likeness (QED) is 0.683. The van der Waals surface area contributed by atoms with Gasteiger partial charge in [0, 0.05) is 37.4 Å². The Kier molecular flexibility index (Phi) is 7.41. The second-order valence-electron chi connectivity index (χ2n) is 7.17. The fourth-order valence-electron chi connectivity index (χ4n) is 3.17. The lowest BCUT2D eigenvalue weighted by atomic mass is 10.2. The van der Waals surface area contributed by atoms with Crippen LogP contribution in [0, 0.1) is 5.82 Å². The number of carbonyl (C=O) groups is 1. The number of amides is 1. The number of nitrogens with one attached hydrogen (secondary N) is 1. The molecule has 0 aliphatic carbocycles. The van der Waals surface area contributed by atoms with Gasteiger partial charge in [-0.05, 0) is 23.8 Å². The summed E-state index contributed by atoms with van der Waals surface area (Å²) in [6.45, 7) is 2.81. The third-order valence-corrected chi connectivity index (χ3v) is 6.09. The van der Waals surface area contributed by atoms with Crippen molar-refractivity contribution in [3.8, 4) is 0 Å². The van der Waals surface area contributed by atoms with Gasteiger partial charge in [0.05, 0.1) is 26.0 Å². The number of ether oxygens (including phenoxy) is 1. The van der Waals surface area contributed by atoms with Gasteiger partial charge < -0.3 is 15.0 Å². The average molecular weight is 436 g/mol. The van der Waals surface area contributed by atoms with Crippen LogP contribution < -0.4 is 10.2 Å². The number of benzene rings is 2. The molecule has 1 amide bonds. The number of carbonyl (C=O) groups excluding carboxylic acids is 1. The maximum Gasteiger partial charge on any atom is 0.235 e. The van der Waals surface area contributed by atoms with Gasteiger partial charge in [-0.2, -0.15) is 4.31 Å². The topological polar surface area (TPSA) is 79.0 Å². The Hall–Kier alpha value is -2.49. The van der Waals surface area contributed by atoms with E-state index >= 15 is 0 Å². The van der Waals surface area contributed by atoms with Gasteiger partial charge in [0.25, 0.3) is 0 Å². The summed E-state index contributed by atoms with van der Waals surface area (Å²) < 4.78 is 44.3. The molecule has 0 spiro atoms. The smallest absolute Gasteiger partial charge is 0.235 e. The molecule has 0 radical (unpaired) electrons. The van der Waals surface area contributed by atoms with Crippen LogP contribution >= 0.6 is 0 Å². The molecule has 1 saturated heterocycles. The van der Waals surface area contributed by atoms with E-state index < -0.39 is 21.7 Å². The molecule has 0 atom stereocenters. The molecule has 0 aromatic heterocycles. The summed E-state index contributed by atoms with van der Waals surface area (Å²) in [4.78, 5) is 14.6. The van der Waals surface area contributed by atoms with Crippen molar-refractivity contribution >= 4 is 21.6 Å². The van der Waals surface area contributed by atoms with Crippen molar-refractivity contribution < 1.29 is 22.3 Å². The molecule has 162 valence electrons. The molecule has 9 heteroatoms.